The topological polar surface area (TPSA) is 110 Å². The van der Waals surface area contributed by atoms with Crippen LogP contribution in [-0.2, 0) is 42.7 Å². The molecule has 0 amide bonds. The number of benzene rings is 1. The second-order valence-electron chi connectivity index (χ2n) is 6.33. The van der Waals surface area contributed by atoms with Gasteiger partial charge in [-0.05, 0) is 32.0 Å². The van der Waals surface area contributed by atoms with E-state index >= 15 is 0 Å². The van der Waals surface area contributed by atoms with Crippen LogP contribution in [0.2, 0.25) is 0 Å². The van der Waals surface area contributed by atoms with Crippen LogP contribution in [0.15, 0.2) is 29.3 Å². The smallest absolute Gasteiger partial charge is 0.241 e. The molecule has 1 aromatic heterocycles. The van der Waals surface area contributed by atoms with Gasteiger partial charge in [-0.3, -0.25) is 4.98 Å². The Bertz CT molecular complexity index is 987. The van der Waals surface area contributed by atoms with Crippen molar-refractivity contribution in [3.63, 3.8) is 0 Å². The Morgan fingerprint density at radius 1 is 1.48 bits per heavy atom. The Morgan fingerprint density at radius 3 is 2.88 bits per heavy atom. The minimum absolute atomic E-state index is 0. The van der Waals surface area contributed by atoms with Crippen LogP contribution in [0, 0.1) is 13.0 Å². The van der Waals surface area contributed by atoms with Crippen molar-refractivity contribution in [3.05, 3.63) is 36.2 Å². The molecule has 2 bridgehead atoms. The first-order chi connectivity index (χ1) is 12.6. The zero-order valence-corrected chi connectivity index (χ0v) is 16.9. The number of sulfonamides is 1. The third-order valence-corrected chi connectivity index (χ3v) is 6.12. The Kier molecular flexibility index (Phi) is 4.04. The van der Waals surface area contributed by atoms with Crippen LogP contribution in [-0.4, -0.2) is 36.5 Å². The fourth-order valence-electron chi connectivity index (χ4n) is 3.31. The molecule has 3 aliphatic rings. The van der Waals surface area contributed by atoms with Gasteiger partial charge in [0.15, 0.2) is 0 Å². The largest absolute Gasteiger partial charge is 0.446 e. The van der Waals surface area contributed by atoms with Crippen LogP contribution >= 0.6 is 0 Å². The predicted molar refractivity (Wildman–Crippen MR) is 89.5 cm³/mol. The van der Waals surface area contributed by atoms with E-state index in [9.17, 15) is 8.42 Å². The van der Waals surface area contributed by atoms with Gasteiger partial charge in [-0.2, -0.15) is 0 Å². The summed E-state index contributed by atoms with van der Waals surface area (Å²) in [5, 5.41) is 3.24. The zero-order valence-electron chi connectivity index (χ0n) is 16.3. The van der Waals surface area contributed by atoms with E-state index in [0.29, 0.717) is 12.6 Å². The van der Waals surface area contributed by atoms with Crippen LogP contribution in [0.4, 0.5) is 5.82 Å². The molecule has 25 heavy (non-hydrogen) atoms. The van der Waals surface area contributed by atoms with Gasteiger partial charge in [-0.15, -0.1) is 6.20 Å². The molecule has 0 unspecified atom stereocenters. The predicted octanol–water partition coefficient (Wildman–Crippen LogP) is 0.615. The molecular formula is C16H18N5O2SY-. The van der Waals surface area contributed by atoms with Crippen molar-refractivity contribution in [1.29, 1.82) is 0 Å². The number of fused-ring (bicyclic) bond motifs is 1. The Hall–Kier alpha value is -0.926. The molecular weight excluding hydrogens is 415 g/mol. The first-order valence-corrected chi connectivity index (χ1v) is 8.99. The Balaban J connectivity index is 0.00000225. The van der Waals surface area contributed by atoms with Crippen molar-refractivity contribution in [2.75, 3.05) is 12.3 Å². The molecule has 1 aliphatic carbocycles. The van der Waals surface area contributed by atoms with E-state index in [2.05, 4.69) is 26.2 Å². The Labute approximate surface area is 176 Å². The van der Waals surface area contributed by atoms with Crippen molar-refractivity contribution in [1.82, 2.24) is 20.0 Å². The molecule has 0 atom stereocenters. The van der Waals surface area contributed by atoms with Crippen molar-refractivity contribution >= 4 is 15.8 Å². The van der Waals surface area contributed by atoms with Crippen molar-refractivity contribution < 1.29 is 45.2 Å². The van der Waals surface area contributed by atoms with Gasteiger partial charge in [0.05, 0.1) is 4.90 Å². The van der Waals surface area contributed by atoms with E-state index in [1.807, 2.05) is 0 Å². The molecule has 4 N–H and O–H groups in total. The van der Waals surface area contributed by atoms with Gasteiger partial charge in [0, 0.05) is 60.8 Å². The Morgan fingerprint density at radius 2 is 2.28 bits per heavy atom. The summed E-state index contributed by atoms with van der Waals surface area (Å²) in [6.07, 6.45) is 5.28. The van der Waals surface area contributed by atoms with Crippen LogP contribution in [0.3, 0.4) is 0 Å². The maximum absolute atomic E-state index is 12.9. The molecule has 2 aromatic rings. The van der Waals surface area contributed by atoms with Crippen LogP contribution in [0.5, 0.6) is 0 Å². The molecule has 2 saturated heterocycles. The quantitative estimate of drug-likeness (QED) is 0.607. The first kappa shape index (κ1) is 15.2. The van der Waals surface area contributed by atoms with E-state index in [-0.39, 0.29) is 60.2 Å². The molecule has 5 rings (SSSR count). The van der Waals surface area contributed by atoms with Gasteiger partial charge in [0.25, 0.3) is 0 Å². The summed E-state index contributed by atoms with van der Waals surface area (Å²) in [5.41, 5.74) is 5.37. The molecule has 2 aliphatic heterocycles. The van der Waals surface area contributed by atoms with Gasteiger partial charge in [-0.1, -0.05) is 29.0 Å². The van der Waals surface area contributed by atoms with Crippen molar-refractivity contribution in [3.8, 4) is 11.3 Å². The average molecular weight is 436 g/mol. The normalized spacial score (nSPS) is 26.7. The molecule has 3 heterocycles. The number of rotatable bonds is 4. The standard InChI is InChI=1S/C16H18N5O2S.Y/c1-10-2-3-12(4-13(10)14-7-19-15(17)8-18-14)24(22,23)21-16-5-11(6-16)20-9-16;/h2-4,7,11,20-21H,5-6,9H2,1H3,(H2,17,19);/q-1;/i1D3;. The minimum Gasteiger partial charge on any atom is -0.446 e. The number of aromatic nitrogens is 2. The van der Waals surface area contributed by atoms with E-state index in [1.165, 1.54) is 24.4 Å². The number of nitrogens with zero attached hydrogens (tertiary/aromatic N) is 2. The summed E-state index contributed by atoms with van der Waals surface area (Å²) in [6.45, 7) is -1.85. The fourth-order valence-corrected chi connectivity index (χ4v) is 4.76. The van der Waals surface area contributed by atoms with Gasteiger partial charge in [-0.25, -0.2) is 13.1 Å². The van der Waals surface area contributed by atoms with Crippen LogP contribution in [0.25, 0.3) is 11.3 Å². The summed E-state index contributed by atoms with van der Waals surface area (Å²) in [6, 6.07) is 4.27. The minimum atomic E-state index is -3.82. The number of nitrogens with one attached hydrogen (secondary N) is 2. The van der Waals surface area contributed by atoms with Crippen LogP contribution in [0.1, 0.15) is 22.5 Å². The summed E-state index contributed by atoms with van der Waals surface area (Å²) in [7, 11) is -3.82. The van der Waals surface area contributed by atoms with Crippen LogP contribution < -0.4 is 15.8 Å². The second kappa shape index (κ2) is 6.66. The second-order valence-corrected chi connectivity index (χ2v) is 8.01. The molecule has 1 aromatic carbocycles. The average Bonchev–Trinajstić information content (AvgIpc) is 3.14. The van der Waals surface area contributed by atoms with Crippen molar-refractivity contribution in [2.45, 2.75) is 36.2 Å². The molecule has 129 valence electrons. The third kappa shape index (κ3) is 3.50. The third-order valence-electron chi connectivity index (χ3n) is 4.55. The molecule has 9 heteroatoms. The monoisotopic (exact) mass is 436 g/mol. The van der Waals surface area contributed by atoms with E-state index in [4.69, 9.17) is 9.85 Å². The summed E-state index contributed by atoms with van der Waals surface area (Å²) < 4.78 is 51.7. The summed E-state index contributed by atoms with van der Waals surface area (Å²) in [4.78, 5) is 7.84. The summed E-state index contributed by atoms with van der Waals surface area (Å²) >= 11 is 0. The number of nitrogen functional groups attached to an aromatic ring is 1. The fraction of sp³-hybridized carbons (Fsp3) is 0.375. The number of anilines is 1. The maximum atomic E-state index is 12.9. The number of hydrogen-bond donors (Lipinski definition) is 3. The SMILES string of the molecule is [2H]C([2H])([2H])c1ccc(S(=O)(=O)NC23CNC(C2)C3)cc1-c1cnc(N)[c-]n1.[Y]. The van der Waals surface area contributed by atoms with Gasteiger partial charge >= 0.3 is 0 Å². The van der Waals surface area contributed by atoms with Gasteiger partial charge in [0.1, 0.15) is 0 Å². The first-order valence-electron chi connectivity index (χ1n) is 9.01. The van der Waals surface area contributed by atoms with Gasteiger partial charge < -0.3 is 16.0 Å². The number of hydrogen-bond acceptors (Lipinski definition) is 6. The maximum Gasteiger partial charge on any atom is 0.241 e. The molecule has 3 fully saturated rings. The molecule has 7 nitrogen and oxygen atoms in total. The van der Waals surface area contributed by atoms with Crippen molar-refractivity contribution in [2.24, 2.45) is 0 Å². The zero-order chi connectivity index (χ0) is 19.4. The van der Waals surface area contributed by atoms with E-state index in [1.54, 1.807) is 0 Å². The summed E-state index contributed by atoms with van der Waals surface area (Å²) in [5.74, 6) is 0.0620. The molecule has 1 saturated carbocycles. The molecule has 0 spiro atoms. The molecule has 1 radical (unpaired) electrons. The van der Waals surface area contributed by atoms with Gasteiger partial charge in [0.2, 0.25) is 10.0 Å². The van der Waals surface area contributed by atoms with E-state index < -0.39 is 22.4 Å². The van der Waals surface area contributed by atoms with E-state index in [0.717, 1.165) is 12.8 Å². The number of aryl methyl sites for hydroxylation is 1. The number of nitrogens with two attached hydrogens (primary N) is 1.